The largest absolute Gasteiger partial charge is 0.466 e. The van der Waals surface area contributed by atoms with Gasteiger partial charge in [-0.2, -0.15) is 0 Å². The van der Waals surface area contributed by atoms with Crippen LogP contribution in [0, 0.1) is 0 Å². The summed E-state index contributed by atoms with van der Waals surface area (Å²) in [5.74, 6) is -0.947. The van der Waals surface area contributed by atoms with Gasteiger partial charge in [0, 0.05) is 58.4 Å². The minimum absolute atomic E-state index is 0.0201. The minimum atomic E-state index is -0.516. The summed E-state index contributed by atoms with van der Waals surface area (Å²) in [7, 11) is 2.04. The number of likely N-dealkylation sites (tertiary alicyclic amines) is 1. The fraction of sp³-hybridized carbons (Fsp3) is 0.911. The van der Waals surface area contributed by atoms with Gasteiger partial charge >= 0.3 is 23.9 Å². The standard InChI is InChI=1S/C56H103N3O9/c1-5-8-11-14-17-18-19-24-32-45-65-53(61)36-30-26-31-40-59-48-50(68-55(63)39-38-52(60)58-43-41-57(4)42-44-58)47-51(59)56(64)66-46-33-25-20-23-29-37-54(62)67-49(34-27-21-15-12-9-6-2)35-28-22-16-13-10-7-3/h49-51H,5-48H2,1-4H3/t50-,51-/m0/s1. The van der Waals surface area contributed by atoms with Crippen LogP contribution in [0.2, 0.25) is 0 Å². The predicted molar refractivity (Wildman–Crippen MR) is 274 cm³/mol. The molecule has 2 aliphatic heterocycles. The van der Waals surface area contributed by atoms with E-state index in [1.807, 2.05) is 11.9 Å². The topological polar surface area (TPSA) is 132 Å². The van der Waals surface area contributed by atoms with Crippen LogP contribution >= 0.6 is 0 Å². The van der Waals surface area contributed by atoms with E-state index < -0.39 is 18.1 Å². The van der Waals surface area contributed by atoms with Crippen LogP contribution in [0.15, 0.2) is 0 Å². The van der Waals surface area contributed by atoms with Gasteiger partial charge in [-0.25, -0.2) is 0 Å². The predicted octanol–water partition coefficient (Wildman–Crippen LogP) is 12.5. The Bertz CT molecular complexity index is 1280. The van der Waals surface area contributed by atoms with Gasteiger partial charge in [0.2, 0.25) is 5.91 Å². The van der Waals surface area contributed by atoms with E-state index in [1.54, 1.807) is 0 Å². The van der Waals surface area contributed by atoms with Gasteiger partial charge in [-0.05, 0) is 71.4 Å². The molecule has 0 saturated carbocycles. The van der Waals surface area contributed by atoms with Gasteiger partial charge in [-0.15, -0.1) is 0 Å². The SMILES string of the molecule is CCCCCCCCCCCOC(=O)CCCCCN1C[C@@H](OC(=O)CCC(=O)N2CCN(C)CC2)C[C@H]1C(=O)OCCCCCCCC(=O)OC(CCCCCCCC)CCCCCCCC. The molecule has 0 aromatic heterocycles. The molecule has 1 amide bonds. The fourth-order valence-corrected chi connectivity index (χ4v) is 9.52. The summed E-state index contributed by atoms with van der Waals surface area (Å²) >= 11 is 0. The molecule has 68 heavy (non-hydrogen) atoms. The van der Waals surface area contributed by atoms with Gasteiger partial charge < -0.3 is 28.7 Å². The van der Waals surface area contributed by atoms with Crippen molar-refractivity contribution in [1.29, 1.82) is 0 Å². The number of amides is 1. The summed E-state index contributed by atoms with van der Waals surface area (Å²) in [6, 6.07) is -0.516. The van der Waals surface area contributed by atoms with Gasteiger partial charge in [-0.1, -0.05) is 162 Å². The Hall–Kier alpha value is -2.73. The lowest BCUT2D eigenvalue weighted by atomic mass is 10.0. The molecule has 2 atom stereocenters. The Kier molecular flexibility index (Phi) is 37.9. The molecule has 0 spiro atoms. The number of esters is 4. The van der Waals surface area contributed by atoms with Crippen molar-refractivity contribution in [1.82, 2.24) is 14.7 Å². The minimum Gasteiger partial charge on any atom is -0.466 e. The highest BCUT2D eigenvalue weighted by Crippen LogP contribution is 2.24. The molecule has 0 radical (unpaired) electrons. The van der Waals surface area contributed by atoms with Crippen LogP contribution in [0.25, 0.3) is 0 Å². The number of likely N-dealkylation sites (N-methyl/N-ethyl adjacent to an activating group) is 1. The van der Waals surface area contributed by atoms with Crippen LogP contribution in [0.5, 0.6) is 0 Å². The Morgan fingerprint density at radius 3 is 1.51 bits per heavy atom. The zero-order chi connectivity index (χ0) is 49.3. The molecule has 0 N–H and O–H groups in total. The van der Waals surface area contributed by atoms with E-state index in [4.69, 9.17) is 18.9 Å². The van der Waals surface area contributed by atoms with E-state index in [9.17, 15) is 24.0 Å². The second kappa shape index (κ2) is 42.0. The summed E-state index contributed by atoms with van der Waals surface area (Å²) in [5, 5.41) is 0. The zero-order valence-corrected chi connectivity index (χ0v) is 44.4. The van der Waals surface area contributed by atoms with E-state index >= 15 is 0 Å². The van der Waals surface area contributed by atoms with Gasteiger partial charge in [0.05, 0.1) is 19.6 Å². The highest BCUT2D eigenvalue weighted by Gasteiger charge is 2.39. The summed E-state index contributed by atoms with van der Waals surface area (Å²) in [4.78, 5) is 70.4. The maximum absolute atomic E-state index is 13.5. The van der Waals surface area contributed by atoms with Crippen molar-refractivity contribution in [3.05, 3.63) is 0 Å². The summed E-state index contributed by atoms with van der Waals surface area (Å²) in [5.41, 5.74) is 0. The zero-order valence-electron chi connectivity index (χ0n) is 44.4. The maximum atomic E-state index is 13.5. The van der Waals surface area contributed by atoms with Crippen molar-refractivity contribution in [2.75, 3.05) is 59.5 Å². The first-order valence-electron chi connectivity index (χ1n) is 28.6. The number of carbonyl (C=O) groups is 5. The second-order valence-electron chi connectivity index (χ2n) is 20.3. The molecule has 0 aromatic rings. The maximum Gasteiger partial charge on any atom is 0.323 e. The van der Waals surface area contributed by atoms with Crippen molar-refractivity contribution < 1.29 is 42.9 Å². The molecular weight excluding hydrogens is 859 g/mol. The van der Waals surface area contributed by atoms with E-state index in [2.05, 4.69) is 30.6 Å². The summed E-state index contributed by atoms with van der Waals surface area (Å²) in [6.45, 7) is 11.6. The summed E-state index contributed by atoms with van der Waals surface area (Å²) < 4.78 is 23.2. The van der Waals surface area contributed by atoms with Crippen molar-refractivity contribution in [2.24, 2.45) is 0 Å². The lowest BCUT2D eigenvalue weighted by Crippen LogP contribution is -2.47. The van der Waals surface area contributed by atoms with Crippen LogP contribution < -0.4 is 0 Å². The lowest BCUT2D eigenvalue weighted by Gasteiger charge is -2.32. The number of hydrogen-bond donors (Lipinski definition) is 0. The fourth-order valence-electron chi connectivity index (χ4n) is 9.52. The smallest absolute Gasteiger partial charge is 0.323 e. The molecule has 12 nitrogen and oxygen atoms in total. The Balaban J connectivity index is 1.73. The van der Waals surface area contributed by atoms with Gasteiger partial charge in [0.1, 0.15) is 18.2 Å². The van der Waals surface area contributed by atoms with Crippen LogP contribution in [0.4, 0.5) is 0 Å². The van der Waals surface area contributed by atoms with Crippen LogP contribution in [0.1, 0.15) is 252 Å². The quantitative estimate of drug-likeness (QED) is 0.0328. The molecule has 2 aliphatic rings. The number of piperazine rings is 1. The first kappa shape index (κ1) is 61.4. The van der Waals surface area contributed by atoms with Gasteiger partial charge in [0.25, 0.3) is 0 Å². The van der Waals surface area contributed by atoms with E-state index in [1.165, 1.54) is 109 Å². The van der Waals surface area contributed by atoms with Crippen LogP contribution in [-0.4, -0.2) is 122 Å². The molecule has 12 heteroatoms. The molecule has 2 heterocycles. The van der Waals surface area contributed by atoms with Gasteiger partial charge in [0.15, 0.2) is 0 Å². The van der Waals surface area contributed by atoms with Gasteiger partial charge in [-0.3, -0.25) is 28.9 Å². The third-order valence-corrected chi connectivity index (χ3v) is 14.0. The molecule has 0 aliphatic carbocycles. The average molecular weight is 962 g/mol. The Labute approximate surface area is 415 Å². The van der Waals surface area contributed by atoms with Crippen molar-refractivity contribution in [3.63, 3.8) is 0 Å². The number of nitrogens with zero attached hydrogens (tertiary/aromatic N) is 3. The first-order valence-corrected chi connectivity index (χ1v) is 28.6. The Morgan fingerprint density at radius 1 is 0.485 bits per heavy atom. The number of ether oxygens (including phenoxy) is 4. The van der Waals surface area contributed by atoms with E-state index in [-0.39, 0.29) is 42.8 Å². The molecule has 2 saturated heterocycles. The van der Waals surface area contributed by atoms with Crippen LogP contribution in [-0.2, 0) is 42.9 Å². The number of unbranched alkanes of at least 4 members (excludes halogenated alkanes) is 24. The molecule has 396 valence electrons. The molecular formula is C56H103N3O9. The van der Waals surface area contributed by atoms with Crippen molar-refractivity contribution in [3.8, 4) is 0 Å². The molecule has 0 aromatic carbocycles. The van der Waals surface area contributed by atoms with Crippen molar-refractivity contribution >= 4 is 29.8 Å². The molecule has 0 unspecified atom stereocenters. The van der Waals surface area contributed by atoms with Crippen molar-refractivity contribution in [2.45, 2.75) is 270 Å². The normalized spacial score (nSPS) is 16.6. The first-order chi connectivity index (χ1) is 33.2. The van der Waals surface area contributed by atoms with Crippen LogP contribution in [0.3, 0.4) is 0 Å². The second-order valence-corrected chi connectivity index (χ2v) is 20.3. The molecule has 2 rings (SSSR count). The number of rotatable bonds is 44. The summed E-state index contributed by atoms with van der Waals surface area (Å²) in [6.07, 6.45) is 35.6. The monoisotopic (exact) mass is 962 g/mol. The highest BCUT2D eigenvalue weighted by molar-refractivity contribution is 5.81. The Morgan fingerprint density at radius 2 is 0.956 bits per heavy atom. The molecule has 0 bridgehead atoms. The lowest BCUT2D eigenvalue weighted by molar-refractivity contribution is -0.152. The molecule has 2 fully saturated rings. The average Bonchev–Trinajstić information content (AvgIpc) is 3.73. The number of hydrogen-bond acceptors (Lipinski definition) is 11. The third-order valence-electron chi connectivity index (χ3n) is 14.0. The van der Waals surface area contributed by atoms with E-state index in [0.717, 1.165) is 103 Å². The third kappa shape index (κ3) is 32.2. The van der Waals surface area contributed by atoms with E-state index in [0.29, 0.717) is 58.7 Å². The highest BCUT2D eigenvalue weighted by atomic mass is 16.6. The number of carbonyl (C=O) groups excluding carboxylic acids is 5.